The molecule has 0 saturated carbocycles. The van der Waals surface area contributed by atoms with Crippen molar-refractivity contribution in [2.45, 2.75) is 39.8 Å². The van der Waals surface area contributed by atoms with Crippen molar-refractivity contribution in [2.24, 2.45) is 0 Å². The molecule has 4 aromatic rings. The van der Waals surface area contributed by atoms with Gasteiger partial charge in [-0.25, -0.2) is 9.48 Å². The van der Waals surface area contributed by atoms with E-state index in [2.05, 4.69) is 20.5 Å². The van der Waals surface area contributed by atoms with Gasteiger partial charge in [0.1, 0.15) is 17.0 Å². The van der Waals surface area contributed by atoms with E-state index in [-0.39, 0.29) is 29.6 Å². The summed E-state index contributed by atoms with van der Waals surface area (Å²) in [6, 6.07) is 12.1. The van der Waals surface area contributed by atoms with Gasteiger partial charge in [0.25, 0.3) is 17.3 Å². The molecule has 0 atom stereocenters. The molecule has 0 spiro atoms. The second kappa shape index (κ2) is 9.38. The maximum atomic E-state index is 12.4. The van der Waals surface area contributed by atoms with Crippen molar-refractivity contribution in [1.29, 1.82) is 0 Å². The van der Waals surface area contributed by atoms with Crippen LogP contribution in [0.5, 0.6) is 0 Å². The summed E-state index contributed by atoms with van der Waals surface area (Å²) in [5.74, 6) is 0.142. The molecular weight excluding hydrogens is 414 g/mol. The van der Waals surface area contributed by atoms with Crippen molar-refractivity contribution in [2.75, 3.05) is 0 Å². The van der Waals surface area contributed by atoms with Crippen molar-refractivity contribution >= 4 is 5.97 Å². The topological polar surface area (TPSA) is 126 Å². The van der Waals surface area contributed by atoms with Crippen LogP contribution >= 0.6 is 0 Å². The van der Waals surface area contributed by atoms with E-state index in [0.717, 1.165) is 18.4 Å². The summed E-state index contributed by atoms with van der Waals surface area (Å²) in [6.45, 7) is 3.95. The second-order valence-electron chi connectivity index (χ2n) is 7.04. The number of hydrogen-bond acceptors (Lipinski definition) is 9. The number of aromatic nitrogens is 5. The quantitative estimate of drug-likeness (QED) is 0.383. The Morgan fingerprint density at radius 3 is 2.72 bits per heavy atom. The third-order valence-corrected chi connectivity index (χ3v) is 4.72. The Kier molecular flexibility index (Phi) is 6.20. The molecule has 1 aromatic carbocycles. The molecule has 0 aliphatic heterocycles. The number of benzene rings is 1. The number of carbonyl (C=O) groups excluding carboxylic acids is 1. The molecule has 0 radical (unpaired) electrons. The predicted molar refractivity (Wildman–Crippen MR) is 112 cm³/mol. The molecule has 0 bridgehead atoms. The highest BCUT2D eigenvalue weighted by Crippen LogP contribution is 2.33. The molecule has 4 rings (SSSR count). The van der Waals surface area contributed by atoms with Gasteiger partial charge in [-0.2, -0.15) is 5.10 Å². The average molecular weight is 435 g/mol. The van der Waals surface area contributed by atoms with E-state index in [4.69, 9.17) is 13.7 Å². The molecule has 0 amide bonds. The minimum Gasteiger partial charge on any atom is -0.451 e. The standard InChI is InChI=1S/C22H21N5O5/c1-3-4-12-27-18(28)11-10-16(25-27)22(29)30-13-17-23-24-21(31-17)19-14(2)32-26-20(19)15-8-6-5-7-9-15/h5-11H,3-4,12-13H2,1-2H3. The van der Waals surface area contributed by atoms with Gasteiger partial charge in [0, 0.05) is 18.2 Å². The summed E-state index contributed by atoms with van der Waals surface area (Å²) in [7, 11) is 0. The Morgan fingerprint density at radius 1 is 1.12 bits per heavy atom. The average Bonchev–Trinajstić information content (AvgIpc) is 3.43. The molecule has 0 N–H and O–H groups in total. The van der Waals surface area contributed by atoms with Gasteiger partial charge in [-0.1, -0.05) is 48.8 Å². The van der Waals surface area contributed by atoms with Crippen LogP contribution < -0.4 is 5.56 Å². The summed E-state index contributed by atoms with van der Waals surface area (Å²) >= 11 is 0. The molecule has 32 heavy (non-hydrogen) atoms. The normalized spacial score (nSPS) is 10.9. The zero-order chi connectivity index (χ0) is 22.5. The molecule has 10 nitrogen and oxygen atoms in total. The lowest BCUT2D eigenvalue weighted by atomic mass is 10.1. The van der Waals surface area contributed by atoms with Crippen LogP contribution in [0.15, 0.2) is 56.2 Å². The van der Waals surface area contributed by atoms with Crippen molar-refractivity contribution in [3.05, 3.63) is 70.2 Å². The molecule has 10 heteroatoms. The SMILES string of the molecule is CCCCn1nc(C(=O)OCc2nnc(-c3c(-c4ccccc4)noc3C)o2)ccc1=O. The molecule has 0 fully saturated rings. The minimum absolute atomic E-state index is 0.0293. The fourth-order valence-corrected chi connectivity index (χ4v) is 3.06. The van der Waals surface area contributed by atoms with Crippen LogP contribution in [-0.2, 0) is 17.9 Å². The van der Waals surface area contributed by atoms with Gasteiger partial charge >= 0.3 is 5.97 Å². The molecule has 0 saturated heterocycles. The Hall–Kier alpha value is -4.08. The summed E-state index contributed by atoms with van der Waals surface area (Å²) in [5, 5.41) is 16.2. The smallest absolute Gasteiger partial charge is 0.359 e. The Balaban J connectivity index is 1.48. The molecule has 0 unspecified atom stereocenters. The molecular formula is C22H21N5O5. The van der Waals surface area contributed by atoms with Crippen molar-refractivity contribution < 1.29 is 18.5 Å². The van der Waals surface area contributed by atoms with Crippen molar-refractivity contribution in [3.8, 4) is 22.7 Å². The van der Waals surface area contributed by atoms with Crippen LogP contribution in [0.2, 0.25) is 0 Å². The third-order valence-electron chi connectivity index (χ3n) is 4.72. The van der Waals surface area contributed by atoms with E-state index in [1.165, 1.54) is 16.8 Å². The zero-order valence-electron chi connectivity index (χ0n) is 17.6. The fraction of sp³-hybridized carbons (Fsp3) is 0.273. The van der Waals surface area contributed by atoms with E-state index in [0.29, 0.717) is 23.6 Å². The van der Waals surface area contributed by atoms with Gasteiger partial charge in [0.05, 0.1) is 0 Å². The van der Waals surface area contributed by atoms with Gasteiger partial charge in [-0.05, 0) is 19.4 Å². The number of esters is 1. The number of ether oxygens (including phenoxy) is 1. The zero-order valence-corrected chi connectivity index (χ0v) is 17.6. The first-order chi connectivity index (χ1) is 15.6. The van der Waals surface area contributed by atoms with Crippen LogP contribution in [0.1, 0.15) is 41.9 Å². The summed E-state index contributed by atoms with van der Waals surface area (Å²) in [5.41, 5.74) is 1.76. The lowest BCUT2D eigenvalue weighted by Crippen LogP contribution is -2.25. The van der Waals surface area contributed by atoms with Gasteiger partial charge in [0.2, 0.25) is 0 Å². The number of rotatable bonds is 8. The summed E-state index contributed by atoms with van der Waals surface area (Å²) in [6.07, 6.45) is 1.68. The number of hydrogen-bond donors (Lipinski definition) is 0. The molecule has 0 aliphatic rings. The highest BCUT2D eigenvalue weighted by Gasteiger charge is 2.22. The molecule has 0 aliphatic carbocycles. The van der Waals surface area contributed by atoms with E-state index < -0.39 is 5.97 Å². The van der Waals surface area contributed by atoms with E-state index >= 15 is 0 Å². The lowest BCUT2D eigenvalue weighted by Gasteiger charge is -2.05. The Labute approximate surface area is 182 Å². The van der Waals surface area contributed by atoms with Gasteiger partial charge < -0.3 is 13.7 Å². The monoisotopic (exact) mass is 435 g/mol. The van der Waals surface area contributed by atoms with Crippen LogP contribution in [-0.4, -0.2) is 31.1 Å². The van der Waals surface area contributed by atoms with Crippen LogP contribution in [0.3, 0.4) is 0 Å². The summed E-state index contributed by atoms with van der Waals surface area (Å²) < 4.78 is 17.5. The van der Waals surface area contributed by atoms with Crippen molar-refractivity contribution in [1.82, 2.24) is 25.1 Å². The first-order valence-electron chi connectivity index (χ1n) is 10.2. The second-order valence-corrected chi connectivity index (χ2v) is 7.04. The number of carbonyl (C=O) groups is 1. The first-order valence-corrected chi connectivity index (χ1v) is 10.2. The number of aryl methyl sites for hydroxylation is 2. The largest absolute Gasteiger partial charge is 0.451 e. The molecule has 3 aromatic heterocycles. The van der Waals surface area contributed by atoms with Crippen LogP contribution in [0, 0.1) is 6.92 Å². The fourth-order valence-electron chi connectivity index (χ4n) is 3.06. The Morgan fingerprint density at radius 2 is 1.94 bits per heavy atom. The van der Waals surface area contributed by atoms with E-state index in [1.807, 2.05) is 37.3 Å². The molecule has 164 valence electrons. The van der Waals surface area contributed by atoms with Gasteiger partial charge in [0.15, 0.2) is 12.3 Å². The first kappa shape index (κ1) is 21.2. The maximum absolute atomic E-state index is 12.4. The summed E-state index contributed by atoms with van der Waals surface area (Å²) in [4.78, 5) is 24.2. The highest BCUT2D eigenvalue weighted by molar-refractivity contribution is 5.86. The third kappa shape index (κ3) is 4.48. The van der Waals surface area contributed by atoms with Crippen LogP contribution in [0.4, 0.5) is 0 Å². The van der Waals surface area contributed by atoms with Gasteiger partial charge in [-0.15, -0.1) is 10.2 Å². The van der Waals surface area contributed by atoms with Crippen molar-refractivity contribution in [3.63, 3.8) is 0 Å². The number of nitrogens with zero attached hydrogens (tertiary/aromatic N) is 5. The lowest BCUT2D eigenvalue weighted by molar-refractivity contribution is 0.0428. The molecule has 3 heterocycles. The Bertz CT molecular complexity index is 1280. The van der Waals surface area contributed by atoms with E-state index in [9.17, 15) is 9.59 Å². The number of unbranched alkanes of at least 4 members (excludes halogenated alkanes) is 1. The van der Waals surface area contributed by atoms with E-state index in [1.54, 1.807) is 6.92 Å². The minimum atomic E-state index is -0.693. The predicted octanol–water partition coefficient (Wildman–Crippen LogP) is 3.41. The highest BCUT2D eigenvalue weighted by atomic mass is 16.5. The van der Waals surface area contributed by atoms with Gasteiger partial charge in [-0.3, -0.25) is 4.79 Å². The van der Waals surface area contributed by atoms with Crippen LogP contribution in [0.25, 0.3) is 22.7 Å². The maximum Gasteiger partial charge on any atom is 0.359 e.